The van der Waals surface area contributed by atoms with Gasteiger partial charge in [-0.15, -0.1) is 0 Å². The summed E-state index contributed by atoms with van der Waals surface area (Å²) >= 11 is 0. The van der Waals surface area contributed by atoms with Gasteiger partial charge in [0.25, 0.3) is 0 Å². The number of phenolic OH excluding ortho intramolecular Hbond substituents is 1. The largest absolute Gasteiger partial charge is 0.507 e. The first-order chi connectivity index (χ1) is 8.97. The van der Waals surface area contributed by atoms with Gasteiger partial charge in [-0.25, -0.2) is 4.79 Å². The average Bonchev–Trinajstić information content (AvgIpc) is 2.38. The third-order valence-electron chi connectivity index (χ3n) is 2.48. The fourth-order valence-electron chi connectivity index (χ4n) is 1.62. The van der Waals surface area contributed by atoms with Crippen molar-refractivity contribution in [3.8, 4) is 11.8 Å². The maximum Gasteiger partial charge on any atom is 0.328 e. The SMILES string of the molecule is COC(=O)[C@H](Cc1ccc(O)c(C#N)c1)NC(C)=O. The summed E-state index contributed by atoms with van der Waals surface area (Å²) in [5, 5.41) is 20.7. The molecule has 0 fully saturated rings. The predicted octanol–water partition coefficient (Wildman–Crippen LogP) is 0.484. The Morgan fingerprint density at radius 3 is 2.74 bits per heavy atom. The van der Waals surface area contributed by atoms with Gasteiger partial charge in [0.2, 0.25) is 5.91 Å². The summed E-state index contributed by atoms with van der Waals surface area (Å²) in [4.78, 5) is 22.6. The van der Waals surface area contributed by atoms with Crippen LogP contribution in [0, 0.1) is 11.3 Å². The summed E-state index contributed by atoms with van der Waals surface area (Å²) in [5.74, 6) is -1.04. The number of nitrogens with zero attached hydrogens (tertiary/aromatic N) is 1. The van der Waals surface area contributed by atoms with Crippen LogP contribution in [0.15, 0.2) is 18.2 Å². The number of nitrogens with one attached hydrogen (secondary N) is 1. The molecule has 1 aromatic rings. The molecule has 0 saturated heterocycles. The minimum absolute atomic E-state index is 0.115. The van der Waals surface area contributed by atoms with E-state index in [9.17, 15) is 14.7 Å². The average molecular weight is 262 g/mol. The van der Waals surface area contributed by atoms with E-state index in [2.05, 4.69) is 10.1 Å². The van der Waals surface area contributed by atoms with Crippen molar-refractivity contribution in [2.24, 2.45) is 0 Å². The van der Waals surface area contributed by atoms with E-state index < -0.39 is 12.0 Å². The van der Waals surface area contributed by atoms with E-state index in [-0.39, 0.29) is 23.6 Å². The number of hydrogen-bond donors (Lipinski definition) is 2. The molecule has 1 atom stereocenters. The summed E-state index contributed by atoms with van der Waals surface area (Å²) in [6.45, 7) is 1.30. The van der Waals surface area contributed by atoms with Crippen molar-refractivity contribution in [2.45, 2.75) is 19.4 Å². The number of amides is 1. The Kier molecular flexibility index (Phi) is 4.89. The molecule has 0 unspecified atom stereocenters. The van der Waals surface area contributed by atoms with Gasteiger partial charge in [-0.1, -0.05) is 6.07 Å². The molecule has 2 N–H and O–H groups in total. The van der Waals surface area contributed by atoms with Gasteiger partial charge in [0.15, 0.2) is 0 Å². The first kappa shape index (κ1) is 14.5. The fraction of sp³-hybridized carbons (Fsp3) is 0.308. The van der Waals surface area contributed by atoms with Crippen LogP contribution in [0.2, 0.25) is 0 Å². The molecular weight excluding hydrogens is 248 g/mol. The number of hydrogen-bond acceptors (Lipinski definition) is 5. The van der Waals surface area contributed by atoms with Crippen LogP contribution >= 0.6 is 0 Å². The third-order valence-corrected chi connectivity index (χ3v) is 2.48. The quantitative estimate of drug-likeness (QED) is 0.769. The summed E-state index contributed by atoms with van der Waals surface area (Å²) < 4.78 is 4.60. The van der Waals surface area contributed by atoms with Crippen molar-refractivity contribution in [1.82, 2.24) is 5.32 Å². The molecular formula is C13H14N2O4. The van der Waals surface area contributed by atoms with Crippen LogP contribution in [0.1, 0.15) is 18.1 Å². The Morgan fingerprint density at radius 1 is 1.53 bits per heavy atom. The molecule has 1 aromatic carbocycles. The number of methoxy groups -OCH3 is 1. The molecule has 6 heteroatoms. The summed E-state index contributed by atoms with van der Waals surface area (Å²) in [5.41, 5.74) is 0.752. The van der Waals surface area contributed by atoms with E-state index in [0.29, 0.717) is 5.56 Å². The Bertz CT molecular complexity index is 534. The summed E-state index contributed by atoms with van der Waals surface area (Å²) in [7, 11) is 1.23. The van der Waals surface area contributed by atoms with Gasteiger partial charge >= 0.3 is 5.97 Å². The molecule has 0 spiro atoms. The van der Waals surface area contributed by atoms with Crippen molar-refractivity contribution < 1.29 is 19.4 Å². The number of carbonyl (C=O) groups is 2. The molecule has 19 heavy (non-hydrogen) atoms. The van der Waals surface area contributed by atoms with Crippen LogP contribution in [0.3, 0.4) is 0 Å². The van der Waals surface area contributed by atoms with Gasteiger partial charge in [0.1, 0.15) is 17.9 Å². The minimum atomic E-state index is -0.821. The highest BCUT2D eigenvalue weighted by Gasteiger charge is 2.20. The molecule has 0 heterocycles. The topological polar surface area (TPSA) is 99.4 Å². The lowest BCUT2D eigenvalue weighted by atomic mass is 10.0. The molecule has 0 radical (unpaired) electrons. The number of ether oxygens (including phenoxy) is 1. The fourth-order valence-corrected chi connectivity index (χ4v) is 1.62. The van der Waals surface area contributed by atoms with Crippen molar-refractivity contribution in [3.05, 3.63) is 29.3 Å². The summed E-state index contributed by atoms with van der Waals surface area (Å²) in [6, 6.07) is 5.43. The maximum absolute atomic E-state index is 11.5. The van der Waals surface area contributed by atoms with Gasteiger partial charge in [0, 0.05) is 13.3 Å². The number of aromatic hydroxyl groups is 1. The number of nitriles is 1. The normalized spacial score (nSPS) is 11.2. The number of benzene rings is 1. The highest BCUT2D eigenvalue weighted by molar-refractivity contribution is 5.83. The summed E-state index contributed by atoms with van der Waals surface area (Å²) in [6.07, 6.45) is 0.182. The second-order valence-corrected chi connectivity index (χ2v) is 3.94. The zero-order valence-corrected chi connectivity index (χ0v) is 10.6. The molecule has 0 aromatic heterocycles. The van der Waals surface area contributed by atoms with Crippen LogP contribution in [-0.4, -0.2) is 30.1 Å². The molecule has 1 rings (SSSR count). The van der Waals surface area contributed by atoms with Gasteiger partial charge < -0.3 is 15.2 Å². The van der Waals surface area contributed by atoms with Crippen molar-refractivity contribution in [3.63, 3.8) is 0 Å². The zero-order valence-electron chi connectivity index (χ0n) is 10.6. The van der Waals surface area contributed by atoms with Crippen molar-refractivity contribution in [1.29, 1.82) is 5.26 Å². The first-order valence-corrected chi connectivity index (χ1v) is 5.55. The second kappa shape index (κ2) is 6.40. The lowest BCUT2D eigenvalue weighted by molar-refractivity contribution is -0.144. The molecule has 0 aliphatic rings. The Morgan fingerprint density at radius 2 is 2.21 bits per heavy atom. The van der Waals surface area contributed by atoms with Crippen molar-refractivity contribution in [2.75, 3.05) is 7.11 Å². The monoisotopic (exact) mass is 262 g/mol. The maximum atomic E-state index is 11.5. The highest BCUT2D eigenvalue weighted by atomic mass is 16.5. The second-order valence-electron chi connectivity index (χ2n) is 3.94. The zero-order chi connectivity index (χ0) is 14.4. The van der Waals surface area contributed by atoms with Gasteiger partial charge in [-0.2, -0.15) is 5.26 Å². The van der Waals surface area contributed by atoms with E-state index in [1.165, 1.54) is 26.2 Å². The predicted molar refractivity (Wildman–Crippen MR) is 66.1 cm³/mol. The minimum Gasteiger partial charge on any atom is -0.507 e. The van der Waals surface area contributed by atoms with Crippen LogP contribution in [0.25, 0.3) is 0 Å². The molecule has 0 bridgehead atoms. The smallest absolute Gasteiger partial charge is 0.328 e. The molecule has 0 aliphatic heterocycles. The standard InChI is InChI=1S/C13H14N2O4/c1-8(16)15-11(13(18)19-2)6-9-3-4-12(17)10(5-9)7-14/h3-5,11,17H,6H2,1-2H3,(H,15,16)/t11-/m0/s1. The van der Waals surface area contributed by atoms with Crippen LogP contribution in [-0.2, 0) is 20.7 Å². The van der Waals surface area contributed by atoms with E-state index in [0.717, 1.165) is 0 Å². The Hall–Kier alpha value is -2.55. The first-order valence-electron chi connectivity index (χ1n) is 5.55. The Balaban J connectivity index is 2.93. The number of rotatable bonds is 4. The van der Waals surface area contributed by atoms with Crippen LogP contribution in [0.5, 0.6) is 5.75 Å². The van der Waals surface area contributed by atoms with Gasteiger partial charge in [0.05, 0.1) is 12.7 Å². The van der Waals surface area contributed by atoms with Gasteiger partial charge in [-0.05, 0) is 17.7 Å². The third kappa shape index (κ3) is 4.00. The number of carbonyl (C=O) groups excluding carboxylic acids is 2. The van der Waals surface area contributed by atoms with Crippen LogP contribution < -0.4 is 5.32 Å². The molecule has 100 valence electrons. The molecule has 0 saturated carbocycles. The van der Waals surface area contributed by atoms with Crippen LogP contribution in [0.4, 0.5) is 0 Å². The number of esters is 1. The van der Waals surface area contributed by atoms with Gasteiger partial charge in [-0.3, -0.25) is 4.79 Å². The highest BCUT2D eigenvalue weighted by Crippen LogP contribution is 2.18. The van der Waals surface area contributed by atoms with E-state index in [1.54, 1.807) is 6.07 Å². The lowest BCUT2D eigenvalue weighted by Gasteiger charge is -2.15. The van der Waals surface area contributed by atoms with E-state index >= 15 is 0 Å². The Labute approximate surface area is 110 Å². The number of phenols is 1. The van der Waals surface area contributed by atoms with E-state index in [1.807, 2.05) is 6.07 Å². The molecule has 6 nitrogen and oxygen atoms in total. The van der Waals surface area contributed by atoms with Crippen molar-refractivity contribution >= 4 is 11.9 Å². The molecule has 0 aliphatic carbocycles. The molecule has 1 amide bonds. The lowest BCUT2D eigenvalue weighted by Crippen LogP contribution is -2.41. The van der Waals surface area contributed by atoms with E-state index in [4.69, 9.17) is 5.26 Å².